The number of aromatic nitrogens is 3. The normalized spacial score (nSPS) is 15.6. The molecule has 0 radical (unpaired) electrons. The summed E-state index contributed by atoms with van der Waals surface area (Å²) in [5.74, 6) is 4.85. The van der Waals surface area contributed by atoms with E-state index in [4.69, 9.17) is 27.7 Å². The van der Waals surface area contributed by atoms with Crippen molar-refractivity contribution in [2.45, 2.75) is 25.3 Å². The quantitative estimate of drug-likeness (QED) is 0.613. The van der Waals surface area contributed by atoms with Crippen LogP contribution in [0.1, 0.15) is 30.1 Å². The summed E-state index contributed by atoms with van der Waals surface area (Å²) in [7, 11) is 2.06. The molecule has 2 aromatic heterocycles. The molecular weight excluding hydrogens is 372 g/mol. The summed E-state index contributed by atoms with van der Waals surface area (Å²) in [6.45, 7) is 3.11. The highest BCUT2D eigenvalue weighted by Crippen LogP contribution is 2.36. The van der Waals surface area contributed by atoms with E-state index in [0.29, 0.717) is 5.92 Å². The van der Waals surface area contributed by atoms with Gasteiger partial charge in [0.05, 0.1) is 12.1 Å². The van der Waals surface area contributed by atoms with Crippen LogP contribution >= 0.6 is 11.6 Å². The molecule has 5 nitrogen and oxygen atoms in total. The Morgan fingerprint density at radius 1 is 1.29 bits per heavy atom. The molecule has 0 saturated carbocycles. The highest BCUT2D eigenvalue weighted by Gasteiger charge is 2.24. The molecule has 1 aliphatic rings. The lowest BCUT2D eigenvalue weighted by Crippen LogP contribution is -2.33. The summed E-state index contributed by atoms with van der Waals surface area (Å²) in [4.78, 5) is 11.5. The standard InChI is InChI=1S/C22H23ClN4O/c1-3-13-28-20-7-6-17(23)14-18(20)16-8-11-27(12-9-16)15-21-25-22-19(26(21)2)5-4-10-24-22/h1,4-7,10,14,16H,8-9,11-13,15H2,2H3. The number of hydrogen-bond donors (Lipinski definition) is 0. The van der Waals surface area contributed by atoms with Crippen molar-refractivity contribution in [2.24, 2.45) is 7.05 Å². The molecule has 1 fully saturated rings. The fourth-order valence-corrected chi connectivity index (χ4v) is 4.09. The van der Waals surface area contributed by atoms with Gasteiger partial charge in [-0.15, -0.1) is 6.42 Å². The number of nitrogens with zero attached hydrogens (tertiary/aromatic N) is 4. The van der Waals surface area contributed by atoms with Crippen LogP contribution < -0.4 is 4.74 Å². The van der Waals surface area contributed by atoms with Crippen LogP contribution in [-0.4, -0.2) is 39.1 Å². The zero-order valence-corrected chi connectivity index (χ0v) is 16.7. The fraction of sp³-hybridized carbons (Fsp3) is 0.364. The number of rotatable bonds is 5. The van der Waals surface area contributed by atoms with Crippen molar-refractivity contribution in [2.75, 3.05) is 19.7 Å². The van der Waals surface area contributed by atoms with Gasteiger partial charge in [-0.05, 0) is 67.7 Å². The summed E-state index contributed by atoms with van der Waals surface area (Å²) in [5.41, 5.74) is 3.04. The predicted molar refractivity (Wildman–Crippen MR) is 112 cm³/mol. The molecule has 0 unspecified atom stereocenters. The number of piperidine rings is 1. The van der Waals surface area contributed by atoms with Crippen molar-refractivity contribution in [3.63, 3.8) is 0 Å². The van der Waals surface area contributed by atoms with Gasteiger partial charge in [0, 0.05) is 18.3 Å². The Morgan fingerprint density at radius 2 is 2.11 bits per heavy atom. The third kappa shape index (κ3) is 3.84. The number of ether oxygens (including phenoxy) is 1. The molecule has 1 saturated heterocycles. The van der Waals surface area contributed by atoms with Crippen molar-refractivity contribution in [3.05, 3.63) is 52.9 Å². The maximum atomic E-state index is 6.24. The molecule has 6 heteroatoms. The summed E-state index contributed by atoms with van der Waals surface area (Å²) in [5, 5.41) is 0.734. The number of likely N-dealkylation sites (tertiary alicyclic amines) is 1. The number of benzene rings is 1. The lowest BCUT2D eigenvalue weighted by Gasteiger charge is -2.32. The molecule has 1 aromatic carbocycles. The minimum atomic E-state index is 0.272. The molecule has 0 bridgehead atoms. The number of imidazole rings is 1. The van der Waals surface area contributed by atoms with Gasteiger partial charge < -0.3 is 9.30 Å². The molecule has 3 aromatic rings. The molecule has 0 aliphatic carbocycles. The monoisotopic (exact) mass is 394 g/mol. The van der Waals surface area contributed by atoms with Gasteiger partial charge >= 0.3 is 0 Å². The first-order valence-electron chi connectivity index (χ1n) is 9.50. The van der Waals surface area contributed by atoms with E-state index in [1.54, 1.807) is 6.20 Å². The van der Waals surface area contributed by atoms with Crippen molar-refractivity contribution in [3.8, 4) is 18.1 Å². The molecule has 4 rings (SSSR count). The minimum absolute atomic E-state index is 0.272. The molecular formula is C22H23ClN4O. The number of fused-ring (bicyclic) bond motifs is 1. The van der Waals surface area contributed by atoms with E-state index in [-0.39, 0.29) is 6.61 Å². The zero-order valence-electron chi connectivity index (χ0n) is 15.9. The van der Waals surface area contributed by atoms with Gasteiger partial charge in [-0.2, -0.15) is 0 Å². The first kappa shape index (κ1) is 18.8. The number of terminal acetylenes is 1. The predicted octanol–water partition coefficient (Wildman–Crippen LogP) is 4.01. The Balaban J connectivity index is 1.44. The second-order valence-electron chi connectivity index (χ2n) is 7.16. The van der Waals surface area contributed by atoms with Crippen molar-refractivity contribution >= 4 is 22.8 Å². The van der Waals surface area contributed by atoms with E-state index in [2.05, 4.69) is 33.5 Å². The molecule has 1 aliphatic heterocycles. The van der Waals surface area contributed by atoms with Crippen LogP contribution in [0.4, 0.5) is 0 Å². The first-order valence-corrected chi connectivity index (χ1v) is 9.88. The van der Waals surface area contributed by atoms with Crippen LogP contribution in [0.3, 0.4) is 0 Å². The lowest BCUT2D eigenvalue weighted by molar-refractivity contribution is 0.197. The molecule has 0 atom stereocenters. The molecule has 28 heavy (non-hydrogen) atoms. The Bertz CT molecular complexity index is 1020. The fourth-order valence-electron chi connectivity index (χ4n) is 3.91. The molecule has 0 amide bonds. The van der Waals surface area contributed by atoms with E-state index in [1.807, 2.05) is 24.3 Å². The van der Waals surface area contributed by atoms with Gasteiger partial charge in [0.15, 0.2) is 5.65 Å². The SMILES string of the molecule is C#CCOc1ccc(Cl)cc1C1CCN(Cc2nc3ncccc3n2C)CC1. The van der Waals surface area contributed by atoms with E-state index in [1.165, 1.54) is 0 Å². The van der Waals surface area contributed by atoms with E-state index in [9.17, 15) is 0 Å². The van der Waals surface area contributed by atoms with Crippen LogP contribution in [0, 0.1) is 12.3 Å². The van der Waals surface area contributed by atoms with Crippen molar-refractivity contribution in [1.29, 1.82) is 0 Å². The summed E-state index contributed by atoms with van der Waals surface area (Å²) in [6.07, 6.45) is 9.23. The molecule has 0 spiro atoms. The van der Waals surface area contributed by atoms with E-state index < -0.39 is 0 Å². The second-order valence-corrected chi connectivity index (χ2v) is 7.59. The van der Waals surface area contributed by atoms with Crippen LogP contribution in [-0.2, 0) is 13.6 Å². The third-order valence-corrected chi connectivity index (χ3v) is 5.66. The van der Waals surface area contributed by atoms with Gasteiger partial charge in [0.25, 0.3) is 0 Å². The van der Waals surface area contributed by atoms with Crippen LogP contribution in [0.25, 0.3) is 11.2 Å². The number of aryl methyl sites for hydroxylation is 1. The van der Waals surface area contributed by atoms with Crippen LogP contribution in [0.5, 0.6) is 5.75 Å². The highest BCUT2D eigenvalue weighted by molar-refractivity contribution is 6.30. The van der Waals surface area contributed by atoms with E-state index in [0.717, 1.165) is 65.8 Å². The zero-order chi connectivity index (χ0) is 19.5. The number of pyridine rings is 1. The average Bonchev–Trinajstić information content (AvgIpc) is 3.03. The summed E-state index contributed by atoms with van der Waals surface area (Å²) in [6, 6.07) is 9.80. The molecule has 144 valence electrons. The third-order valence-electron chi connectivity index (χ3n) is 5.42. The molecule has 0 N–H and O–H groups in total. The van der Waals surface area contributed by atoms with E-state index >= 15 is 0 Å². The number of hydrogen-bond acceptors (Lipinski definition) is 4. The second kappa shape index (κ2) is 8.22. The van der Waals surface area contributed by atoms with Gasteiger partial charge in [0.1, 0.15) is 18.2 Å². The summed E-state index contributed by atoms with van der Waals surface area (Å²) < 4.78 is 7.87. The van der Waals surface area contributed by atoms with Gasteiger partial charge in [-0.25, -0.2) is 9.97 Å². The molecule has 3 heterocycles. The topological polar surface area (TPSA) is 43.2 Å². The highest BCUT2D eigenvalue weighted by atomic mass is 35.5. The minimum Gasteiger partial charge on any atom is -0.481 e. The van der Waals surface area contributed by atoms with Gasteiger partial charge in [-0.3, -0.25) is 4.90 Å². The Morgan fingerprint density at radius 3 is 2.86 bits per heavy atom. The Labute approximate surface area is 170 Å². The van der Waals surface area contributed by atoms with Crippen molar-refractivity contribution < 1.29 is 4.74 Å². The largest absolute Gasteiger partial charge is 0.481 e. The average molecular weight is 395 g/mol. The van der Waals surface area contributed by atoms with Crippen LogP contribution in [0.2, 0.25) is 5.02 Å². The van der Waals surface area contributed by atoms with Gasteiger partial charge in [-0.1, -0.05) is 17.5 Å². The maximum absolute atomic E-state index is 6.24. The van der Waals surface area contributed by atoms with Gasteiger partial charge in [0.2, 0.25) is 0 Å². The van der Waals surface area contributed by atoms with Crippen LogP contribution in [0.15, 0.2) is 36.5 Å². The Kier molecular flexibility index (Phi) is 5.52. The lowest BCUT2D eigenvalue weighted by atomic mass is 9.89. The smallest absolute Gasteiger partial charge is 0.177 e. The number of halogens is 1. The van der Waals surface area contributed by atoms with Crippen molar-refractivity contribution in [1.82, 2.24) is 19.4 Å². The maximum Gasteiger partial charge on any atom is 0.177 e. The first-order chi connectivity index (χ1) is 13.7. The Hall–Kier alpha value is -2.55. The summed E-state index contributed by atoms with van der Waals surface area (Å²) >= 11 is 6.24.